The molecule has 0 bridgehead atoms. The summed E-state index contributed by atoms with van der Waals surface area (Å²) >= 11 is 5.98. The predicted molar refractivity (Wildman–Crippen MR) is 126 cm³/mol. The van der Waals surface area contributed by atoms with Crippen LogP contribution in [-0.2, 0) is 11.4 Å². The second-order valence-electron chi connectivity index (χ2n) is 7.18. The minimum atomic E-state index is -0.376. The first-order chi connectivity index (χ1) is 15.4. The standard InChI is InChI=1S/C25H25ClN2O4/c1-17-4-6-19(7-5-17)15-32-23-11-8-20(13-24(23)30-3)14-27-28-25(29)16-31-21-9-10-22(26)18(2)12-21/h4-14H,15-16H2,1-3H3,(H,28,29)/b27-14+. The molecular formula is C25H25ClN2O4. The molecule has 0 saturated heterocycles. The van der Waals surface area contributed by atoms with Gasteiger partial charge in [0.1, 0.15) is 12.4 Å². The molecule has 0 aliphatic rings. The van der Waals surface area contributed by atoms with Crippen LogP contribution in [0.2, 0.25) is 5.02 Å². The summed E-state index contributed by atoms with van der Waals surface area (Å²) in [5.74, 6) is 1.39. The Morgan fingerprint density at radius 2 is 1.78 bits per heavy atom. The van der Waals surface area contributed by atoms with Crippen LogP contribution in [0.3, 0.4) is 0 Å². The molecule has 0 atom stereocenters. The SMILES string of the molecule is COc1cc(/C=N/NC(=O)COc2ccc(Cl)c(C)c2)ccc1OCc1ccc(C)cc1. The van der Waals surface area contributed by atoms with Crippen molar-refractivity contribution in [1.29, 1.82) is 0 Å². The van der Waals surface area contributed by atoms with Crippen molar-refractivity contribution in [1.82, 2.24) is 5.43 Å². The molecule has 0 heterocycles. The van der Waals surface area contributed by atoms with E-state index >= 15 is 0 Å². The van der Waals surface area contributed by atoms with Gasteiger partial charge in [0.2, 0.25) is 0 Å². The number of hydrogen-bond acceptors (Lipinski definition) is 5. The monoisotopic (exact) mass is 452 g/mol. The van der Waals surface area contributed by atoms with E-state index in [0.717, 1.165) is 16.7 Å². The Morgan fingerprint density at radius 1 is 1.00 bits per heavy atom. The number of ether oxygens (including phenoxy) is 3. The Labute approximate surface area is 192 Å². The van der Waals surface area contributed by atoms with Crippen LogP contribution in [0.4, 0.5) is 0 Å². The van der Waals surface area contributed by atoms with E-state index in [1.54, 1.807) is 31.4 Å². The number of hydrazone groups is 1. The maximum atomic E-state index is 12.0. The fraction of sp³-hybridized carbons (Fsp3) is 0.200. The van der Waals surface area contributed by atoms with Gasteiger partial charge in [-0.05, 0) is 66.9 Å². The highest BCUT2D eigenvalue weighted by Crippen LogP contribution is 2.28. The highest BCUT2D eigenvalue weighted by Gasteiger charge is 2.07. The fourth-order valence-electron chi connectivity index (χ4n) is 2.80. The number of carbonyl (C=O) groups is 1. The molecule has 1 N–H and O–H groups in total. The van der Waals surface area contributed by atoms with Gasteiger partial charge in [0.25, 0.3) is 5.91 Å². The predicted octanol–water partition coefficient (Wildman–Crippen LogP) is 5.07. The van der Waals surface area contributed by atoms with Gasteiger partial charge in [0.15, 0.2) is 18.1 Å². The molecule has 3 aromatic carbocycles. The Morgan fingerprint density at radius 3 is 2.50 bits per heavy atom. The van der Waals surface area contributed by atoms with Gasteiger partial charge in [0.05, 0.1) is 13.3 Å². The molecule has 1 amide bonds. The molecule has 7 heteroatoms. The van der Waals surface area contributed by atoms with Crippen molar-refractivity contribution < 1.29 is 19.0 Å². The molecule has 32 heavy (non-hydrogen) atoms. The lowest BCUT2D eigenvalue weighted by Crippen LogP contribution is -2.24. The highest BCUT2D eigenvalue weighted by molar-refractivity contribution is 6.31. The average Bonchev–Trinajstić information content (AvgIpc) is 2.80. The molecule has 0 fully saturated rings. The zero-order valence-corrected chi connectivity index (χ0v) is 19.0. The van der Waals surface area contributed by atoms with Crippen LogP contribution in [0.1, 0.15) is 22.3 Å². The normalized spacial score (nSPS) is 10.8. The molecule has 3 rings (SSSR count). The second kappa shape index (κ2) is 11.2. The quantitative estimate of drug-likeness (QED) is 0.363. The first-order valence-electron chi connectivity index (χ1n) is 10.0. The number of nitrogens with one attached hydrogen (secondary N) is 1. The van der Waals surface area contributed by atoms with Gasteiger partial charge in [-0.2, -0.15) is 5.10 Å². The summed E-state index contributed by atoms with van der Waals surface area (Å²) in [6.45, 7) is 4.19. The van der Waals surface area contributed by atoms with Crippen molar-refractivity contribution in [2.24, 2.45) is 5.10 Å². The Kier molecular flexibility index (Phi) is 8.11. The minimum absolute atomic E-state index is 0.159. The molecule has 0 unspecified atom stereocenters. The van der Waals surface area contributed by atoms with Gasteiger partial charge < -0.3 is 14.2 Å². The number of aryl methyl sites for hydroxylation is 2. The highest BCUT2D eigenvalue weighted by atomic mass is 35.5. The maximum absolute atomic E-state index is 12.0. The number of halogens is 1. The minimum Gasteiger partial charge on any atom is -0.493 e. The van der Waals surface area contributed by atoms with Crippen molar-refractivity contribution in [3.05, 3.63) is 87.9 Å². The van der Waals surface area contributed by atoms with E-state index < -0.39 is 0 Å². The average molecular weight is 453 g/mol. The van der Waals surface area contributed by atoms with Crippen molar-refractivity contribution in [2.45, 2.75) is 20.5 Å². The van der Waals surface area contributed by atoms with Crippen molar-refractivity contribution in [3.63, 3.8) is 0 Å². The van der Waals surface area contributed by atoms with Crippen LogP contribution in [0, 0.1) is 13.8 Å². The molecular weight excluding hydrogens is 428 g/mol. The number of benzene rings is 3. The van der Waals surface area contributed by atoms with Gasteiger partial charge in [-0.1, -0.05) is 41.4 Å². The summed E-state index contributed by atoms with van der Waals surface area (Å²) in [6, 6.07) is 18.8. The van der Waals surface area contributed by atoms with Crippen LogP contribution in [0.15, 0.2) is 65.8 Å². The van der Waals surface area contributed by atoms with E-state index in [9.17, 15) is 4.79 Å². The van der Waals surface area contributed by atoms with E-state index in [-0.39, 0.29) is 12.5 Å². The molecule has 0 aliphatic heterocycles. The first kappa shape index (κ1) is 23.2. The maximum Gasteiger partial charge on any atom is 0.277 e. The van der Waals surface area contributed by atoms with E-state index in [1.165, 1.54) is 11.8 Å². The third-order valence-electron chi connectivity index (χ3n) is 4.60. The first-order valence-corrected chi connectivity index (χ1v) is 10.4. The van der Waals surface area contributed by atoms with E-state index in [4.69, 9.17) is 25.8 Å². The van der Waals surface area contributed by atoms with Crippen LogP contribution in [0.5, 0.6) is 17.2 Å². The van der Waals surface area contributed by atoms with Crippen molar-refractivity contribution >= 4 is 23.7 Å². The largest absolute Gasteiger partial charge is 0.493 e. The van der Waals surface area contributed by atoms with E-state index in [0.29, 0.717) is 28.9 Å². The Bertz CT molecular complexity index is 1100. The van der Waals surface area contributed by atoms with E-state index in [1.807, 2.05) is 50.2 Å². The fourth-order valence-corrected chi connectivity index (χ4v) is 2.91. The summed E-state index contributed by atoms with van der Waals surface area (Å²) in [5, 5.41) is 4.62. The smallest absolute Gasteiger partial charge is 0.277 e. The number of hydrogen-bond donors (Lipinski definition) is 1. The number of nitrogens with zero attached hydrogens (tertiary/aromatic N) is 1. The summed E-state index contributed by atoms with van der Waals surface area (Å²) in [6.07, 6.45) is 1.52. The van der Waals surface area contributed by atoms with E-state index in [2.05, 4.69) is 10.5 Å². The van der Waals surface area contributed by atoms with Gasteiger partial charge in [-0.15, -0.1) is 0 Å². The number of methoxy groups -OCH3 is 1. The number of amides is 1. The Hall–Kier alpha value is -3.51. The third-order valence-corrected chi connectivity index (χ3v) is 5.03. The molecule has 0 radical (unpaired) electrons. The second-order valence-corrected chi connectivity index (χ2v) is 7.58. The van der Waals surface area contributed by atoms with Crippen LogP contribution >= 0.6 is 11.6 Å². The molecule has 6 nitrogen and oxygen atoms in total. The zero-order valence-electron chi connectivity index (χ0n) is 18.2. The summed E-state index contributed by atoms with van der Waals surface area (Å²) < 4.78 is 16.7. The molecule has 0 aromatic heterocycles. The zero-order chi connectivity index (χ0) is 22.9. The van der Waals surface area contributed by atoms with Gasteiger partial charge in [0, 0.05) is 5.02 Å². The summed E-state index contributed by atoms with van der Waals surface area (Å²) in [7, 11) is 1.58. The van der Waals surface area contributed by atoms with Crippen molar-refractivity contribution in [2.75, 3.05) is 13.7 Å². The molecule has 0 spiro atoms. The summed E-state index contributed by atoms with van der Waals surface area (Å²) in [4.78, 5) is 12.0. The van der Waals surface area contributed by atoms with Crippen molar-refractivity contribution in [3.8, 4) is 17.2 Å². The van der Waals surface area contributed by atoms with Crippen LogP contribution < -0.4 is 19.6 Å². The van der Waals surface area contributed by atoms with Gasteiger partial charge >= 0.3 is 0 Å². The number of rotatable bonds is 9. The lowest BCUT2D eigenvalue weighted by atomic mass is 10.2. The van der Waals surface area contributed by atoms with Crippen LogP contribution in [-0.4, -0.2) is 25.8 Å². The Balaban J connectivity index is 1.51. The lowest BCUT2D eigenvalue weighted by molar-refractivity contribution is -0.123. The number of carbonyl (C=O) groups excluding carboxylic acids is 1. The van der Waals surface area contributed by atoms with Gasteiger partial charge in [-0.25, -0.2) is 5.43 Å². The molecule has 166 valence electrons. The molecule has 3 aromatic rings. The molecule has 0 saturated carbocycles. The topological polar surface area (TPSA) is 69.2 Å². The summed E-state index contributed by atoms with van der Waals surface area (Å²) in [5.41, 5.74) is 6.34. The lowest BCUT2D eigenvalue weighted by Gasteiger charge is -2.11. The van der Waals surface area contributed by atoms with Gasteiger partial charge in [-0.3, -0.25) is 4.79 Å². The van der Waals surface area contributed by atoms with Crippen LogP contribution in [0.25, 0.3) is 0 Å². The molecule has 0 aliphatic carbocycles. The third kappa shape index (κ3) is 6.75.